The monoisotopic (exact) mass is 426 g/mol. The molecular weight excluding hydrogens is 408 g/mol. The Morgan fingerprint density at radius 2 is 1.97 bits per heavy atom. The van der Waals surface area contributed by atoms with Crippen LogP contribution >= 0.6 is 11.6 Å². The number of hydrogen-bond donors (Lipinski definition) is 0. The van der Waals surface area contributed by atoms with E-state index in [9.17, 15) is 0 Å². The largest absolute Gasteiger partial charge is 0.442 e. The lowest BCUT2D eigenvalue weighted by atomic mass is 9.94. The molecule has 2 aromatic carbocycles. The number of oxazole rings is 1. The van der Waals surface area contributed by atoms with Crippen molar-refractivity contribution >= 4 is 17.3 Å². The molecule has 0 unspecified atom stereocenters. The lowest BCUT2D eigenvalue weighted by Gasteiger charge is -2.15. The highest BCUT2D eigenvalue weighted by Crippen LogP contribution is 2.75. The average molecular weight is 427 g/mol. The summed E-state index contributed by atoms with van der Waals surface area (Å²) in [5.41, 5.74) is 7.64. The highest BCUT2D eigenvalue weighted by molar-refractivity contribution is 6.35. The van der Waals surface area contributed by atoms with E-state index in [2.05, 4.69) is 45.7 Å². The van der Waals surface area contributed by atoms with E-state index in [1.165, 1.54) is 24.8 Å². The zero-order valence-corrected chi connectivity index (χ0v) is 17.7. The number of benzene rings is 2. The maximum Gasteiger partial charge on any atom is 0.181 e. The number of aromatic nitrogens is 3. The number of aliphatic imine (C=N–C) groups is 1. The normalized spacial score (nSPS) is 25.2. The van der Waals surface area contributed by atoms with Gasteiger partial charge in [-0.2, -0.15) is 0 Å². The Hall–Kier alpha value is -3.18. The van der Waals surface area contributed by atoms with Gasteiger partial charge in [-0.05, 0) is 54.9 Å². The first-order valence-electron chi connectivity index (χ1n) is 10.6. The predicted octanol–water partition coefficient (Wildman–Crippen LogP) is 5.75. The van der Waals surface area contributed by atoms with Crippen LogP contribution in [0.25, 0.3) is 17.1 Å². The Kier molecular flexibility index (Phi) is 3.36. The lowest BCUT2D eigenvalue weighted by Crippen LogP contribution is -2.09. The molecule has 4 aromatic rings. The van der Waals surface area contributed by atoms with Gasteiger partial charge in [-0.25, -0.2) is 9.97 Å². The molecule has 2 saturated carbocycles. The van der Waals surface area contributed by atoms with Crippen molar-refractivity contribution in [3.05, 3.63) is 88.8 Å². The predicted molar refractivity (Wildman–Crippen MR) is 119 cm³/mol. The molecule has 0 radical (unpaired) electrons. The molecule has 7 rings (SSSR count). The zero-order chi connectivity index (χ0) is 20.7. The summed E-state index contributed by atoms with van der Waals surface area (Å²) >= 11 is 6.65. The summed E-state index contributed by atoms with van der Waals surface area (Å²) in [5, 5.41) is 0.707. The third-order valence-corrected chi connectivity index (χ3v) is 7.42. The molecule has 2 aliphatic carbocycles. The minimum atomic E-state index is -0.141. The average Bonchev–Trinajstić information content (AvgIpc) is 3.48. The molecule has 0 N–H and O–H groups in total. The van der Waals surface area contributed by atoms with Gasteiger partial charge in [0.15, 0.2) is 12.2 Å². The molecule has 3 aliphatic rings. The van der Waals surface area contributed by atoms with Gasteiger partial charge in [0.1, 0.15) is 12.0 Å². The van der Waals surface area contributed by atoms with E-state index in [1.807, 2.05) is 24.5 Å². The molecule has 1 atom stereocenters. The number of rotatable bonds is 3. The van der Waals surface area contributed by atoms with E-state index < -0.39 is 0 Å². The Morgan fingerprint density at radius 3 is 2.71 bits per heavy atom. The Balaban J connectivity index is 1.50. The third-order valence-electron chi connectivity index (χ3n) is 7.09. The summed E-state index contributed by atoms with van der Waals surface area (Å²) in [6.07, 6.45) is 7.62. The van der Waals surface area contributed by atoms with Crippen LogP contribution in [0.15, 0.2) is 70.8 Å². The zero-order valence-electron chi connectivity index (χ0n) is 16.9. The maximum atomic E-state index is 6.65. The van der Waals surface area contributed by atoms with Crippen molar-refractivity contribution in [3.63, 3.8) is 0 Å². The number of imidazole rings is 1. The van der Waals surface area contributed by atoms with Crippen molar-refractivity contribution in [1.29, 1.82) is 0 Å². The van der Waals surface area contributed by atoms with Gasteiger partial charge in [-0.3, -0.25) is 9.56 Å². The molecule has 1 aliphatic heterocycles. The van der Waals surface area contributed by atoms with Gasteiger partial charge in [-0.15, -0.1) is 0 Å². The van der Waals surface area contributed by atoms with Crippen LogP contribution < -0.4 is 0 Å². The van der Waals surface area contributed by atoms with E-state index in [4.69, 9.17) is 21.0 Å². The van der Waals surface area contributed by atoms with E-state index >= 15 is 0 Å². The quantitative estimate of drug-likeness (QED) is 0.419. The Morgan fingerprint density at radius 1 is 1.13 bits per heavy atom. The number of nitrogens with zero attached hydrogens (tertiary/aromatic N) is 4. The van der Waals surface area contributed by atoms with E-state index in [0.717, 1.165) is 39.8 Å². The van der Waals surface area contributed by atoms with Crippen molar-refractivity contribution in [3.8, 4) is 17.1 Å². The summed E-state index contributed by atoms with van der Waals surface area (Å²) in [4.78, 5) is 13.9. The smallest absolute Gasteiger partial charge is 0.181 e. The molecule has 5 nitrogen and oxygen atoms in total. The van der Waals surface area contributed by atoms with Gasteiger partial charge in [0.05, 0.1) is 29.3 Å². The van der Waals surface area contributed by atoms with Crippen molar-refractivity contribution < 1.29 is 4.42 Å². The van der Waals surface area contributed by atoms with Crippen molar-refractivity contribution in [2.75, 3.05) is 0 Å². The summed E-state index contributed by atoms with van der Waals surface area (Å²) < 4.78 is 7.72. The second-order valence-corrected chi connectivity index (χ2v) is 9.25. The number of halogens is 1. The Labute approximate surface area is 184 Å². The van der Waals surface area contributed by atoms with E-state index in [0.29, 0.717) is 16.2 Å². The van der Waals surface area contributed by atoms with Gasteiger partial charge in [0.25, 0.3) is 0 Å². The standard InChI is InChI=1S/C25H19ClN4O/c1-14-24-23(21-11-27-13-31-21)28-12-30(24)20-7-6-15(25-9-16(25)10-25)8-18(20)22(29-14)17-4-2-3-5-19(17)26/h2-8,11-14,16H,9-10H2,1H3/t14-,16?,25?/m0/s1. The highest BCUT2D eigenvalue weighted by Gasteiger charge is 2.70. The first kappa shape index (κ1) is 17.5. The van der Waals surface area contributed by atoms with Crippen LogP contribution in [0.5, 0.6) is 0 Å². The van der Waals surface area contributed by atoms with Gasteiger partial charge >= 0.3 is 0 Å². The van der Waals surface area contributed by atoms with Gasteiger partial charge in [0.2, 0.25) is 0 Å². The molecule has 3 heterocycles. The lowest BCUT2D eigenvalue weighted by molar-refractivity contribution is 0.568. The molecule has 2 aromatic heterocycles. The van der Waals surface area contributed by atoms with Gasteiger partial charge in [0, 0.05) is 16.1 Å². The third kappa shape index (κ3) is 2.41. The van der Waals surface area contributed by atoms with Gasteiger partial charge in [-0.1, -0.05) is 35.9 Å². The molecule has 0 bridgehead atoms. The van der Waals surface area contributed by atoms with Crippen molar-refractivity contribution in [1.82, 2.24) is 14.5 Å². The number of hydrogen-bond acceptors (Lipinski definition) is 4. The van der Waals surface area contributed by atoms with Crippen LogP contribution in [-0.4, -0.2) is 20.2 Å². The molecule has 6 heteroatoms. The topological polar surface area (TPSA) is 56.2 Å². The second kappa shape index (κ2) is 5.95. The van der Waals surface area contributed by atoms with Crippen LogP contribution in [0.1, 0.15) is 48.2 Å². The minimum absolute atomic E-state index is 0.141. The number of fused-ring (bicyclic) bond motifs is 4. The van der Waals surface area contributed by atoms with Gasteiger partial charge < -0.3 is 4.42 Å². The van der Waals surface area contributed by atoms with Crippen LogP contribution in [0, 0.1) is 5.92 Å². The van der Waals surface area contributed by atoms with Crippen molar-refractivity contribution in [2.24, 2.45) is 10.9 Å². The SMILES string of the molecule is C[C@@H]1N=C(c2ccccc2Cl)c2cc(C34CC3C4)ccc2-n2cnc(-c3cnco3)c21. The van der Waals surface area contributed by atoms with Crippen LogP contribution in [0.3, 0.4) is 0 Å². The summed E-state index contributed by atoms with van der Waals surface area (Å²) in [6.45, 7) is 2.09. The molecule has 0 spiro atoms. The van der Waals surface area contributed by atoms with Crippen molar-refractivity contribution in [2.45, 2.75) is 31.2 Å². The summed E-state index contributed by atoms with van der Waals surface area (Å²) in [7, 11) is 0. The molecule has 152 valence electrons. The molecule has 31 heavy (non-hydrogen) atoms. The fraction of sp³-hybridized carbons (Fsp3) is 0.240. The van der Waals surface area contributed by atoms with Crippen LogP contribution in [0.4, 0.5) is 0 Å². The summed E-state index contributed by atoms with van der Waals surface area (Å²) in [6, 6.07) is 14.6. The highest BCUT2D eigenvalue weighted by atomic mass is 35.5. The molecule has 2 fully saturated rings. The van der Waals surface area contributed by atoms with E-state index in [-0.39, 0.29) is 6.04 Å². The first-order chi connectivity index (χ1) is 15.2. The maximum absolute atomic E-state index is 6.65. The first-order valence-corrected chi connectivity index (χ1v) is 11.0. The van der Waals surface area contributed by atoms with Crippen LogP contribution in [-0.2, 0) is 5.41 Å². The fourth-order valence-electron chi connectivity index (χ4n) is 5.08. The minimum Gasteiger partial charge on any atom is -0.442 e. The van der Waals surface area contributed by atoms with Crippen LogP contribution in [0.2, 0.25) is 5.02 Å². The summed E-state index contributed by atoms with van der Waals surface area (Å²) in [5.74, 6) is 1.52. The molecule has 0 amide bonds. The fourth-order valence-corrected chi connectivity index (χ4v) is 5.31. The second-order valence-electron chi connectivity index (χ2n) is 8.84. The molecule has 0 saturated heterocycles. The Bertz CT molecular complexity index is 1380. The van der Waals surface area contributed by atoms with E-state index in [1.54, 1.807) is 6.20 Å². The molecular formula is C25H19ClN4O.